The lowest BCUT2D eigenvalue weighted by Gasteiger charge is -2.18. The molecule has 0 amide bonds. The van der Waals surface area contributed by atoms with Gasteiger partial charge in [-0.05, 0) is 36.6 Å². The van der Waals surface area contributed by atoms with Crippen LogP contribution in [-0.2, 0) is 19.4 Å². The van der Waals surface area contributed by atoms with E-state index >= 15 is 0 Å². The number of hydrogen-bond acceptors (Lipinski definition) is 1. The first-order chi connectivity index (χ1) is 6.31. The van der Waals surface area contributed by atoms with Gasteiger partial charge >= 0.3 is 0 Å². The van der Waals surface area contributed by atoms with Crippen molar-refractivity contribution < 1.29 is 4.39 Å². The van der Waals surface area contributed by atoms with Crippen molar-refractivity contribution in [2.45, 2.75) is 26.3 Å². The molecule has 0 bridgehead atoms. The van der Waals surface area contributed by atoms with Crippen molar-refractivity contribution in [2.24, 2.45) is 0 Å². The average molecular weight is 179 g/mol. The van der Waals surface area contributed by atoms with Crippen LogP contribution in [0.4, 0.5) is 4.39 Å². The summed E-state index contributed by atoms with van der Waals surface area (Å²) in [5, 5.41) is 3.18. The van der Waals surface area contributed by atoms with Gasteiger partial charge in [0, 0.05) is 12.1 Å². The lowest BCUT2D eigenvalue weighted by molar-refractivity contribution is 0.561. The molecule has 2 rings (SSSR count). The molecule has 1 heterocycles. The summed E-state index contributed by atoms with van der Waals surface area (Å²) in [4.78, 5) is 0. The van der Waals surface area contributed by atoms with E-state index in [1.165, 1.54) is 5.56 Å². The van der Waals surface area contributed by atoms with Crippen LogP contribution in [0.5, 0.6) is 0 Å². The van der Waals surface area contributed by atoms with Gasteiger partial charge < -0.3 is 5.32 Å². The van der Waals surface area contributed by atoms with Crippen molar-refractivity contribution >= 4 is 0 Å². The van der Waals surface area contributed by atoms with Crippen LogP contribution in [-0.4, -0.2) is 6.54 Å². The number of benzene rings is 1. The number of rotatable bonds is 1. The van der Waals surface area contributed by atoms with Crippen molar-refractivity contribution in [1.82, 2.24) is 5.32 Å². The van der Waals surface area contributed by atoms with Crippen LogP contribution in [0.25, 0.3) is 0 Å². The van der Waals surface area contributed by atoms with E-state index < -0.39 is 0 Å². The van der Waals surface area contributed by atoms with E-state index in [0.717, 1.165) is 30.5 Å². The normalized spacial score (nSPS) is 15.5. The van der Waals surface area contributed by atoms with Crippen LogP contribution in [0, 0.1) is 5.82 Å². The molecule has 0 aliphatic carbocycles. The average Bonchev–Trinajstić information content (AvgIpc) is 2.18. The van der Waals surface area contributed by atoms with Gasteiger partial charge in [-0.15, -0.1) is 0 Å². The van der Waals surface area contributed by atoms with Gasteiger partial charge in [0.1, 0.15) is 5.82 Å². The lowest BCUT2D eigenvalue weighted by atomic mass is 9.97. The molecule has 1 aliphatic rings. The third kappa shape index (κ3) is 1.59. The first-order valence-electron chi connectivity index (χ1n) is 4.82. The van der Waals surface area contributed by atoms with Crippen molar-refractivity contribution in [1.29, 1.82) is 0 Å². The fourth-order valence-electron chi connectivity index (χ4n) is 1.82. The highest BCUT2D eigenvalue weighted by Crippen LogP contribution is 2.19. The number of fused-ring (bicyclic) bond motifs is 1. The van der Waals surface area contributed by atoms with E-state index in [4.69, 9.17) is 0 Å². The minimum absolute atomic E-state index is 0.0402. The predicted molar refractivity (Wildman–Crippen MR) is 51.2 cm³/mol. The second-order valence-electron chi connectivity index (χ2n) is 3.50. The molecular formula is C11H14FN. The van der Waals surface area contributed by atoms with Gasteiger partial charge in [-0.1, -0.05) is 13.0 Å². The van der Waals surface area contributed by atoms with Gasteiger partial charge in [0.2, 0.25) is 0 Å². The minimum Gasteiger partial charge on any atom is -0.312 e. The Balaban J connectivity index is 2.47. The first kappa shape index (κ1) is 8.70. The number of halogens is 1. The molecule has 1 aliphatic heterocycles. The fourth-order valence-corrected chi connectivity index (χ4v) is 1.82. The molecule has 0 atom stereocenters. The van der Waals surface area contributed by atoms with E-state index in [-0.39, 0.29) is 5.82 Å². The summed E-state index contributed by atoms with van der Waals surface area (Å²) in [5.41, 5.74) is 3.16. The first-order valence-corrected chi connectivity index (χ1v) is 4.82. The Bertz CT molecular complexity index is 320. The molecule has 0 saturated heterocycles. The third-order valence-corrected chi connectivity index (χ3v) is 2.63. The second kappa shape index (κ2) is 3.46. The molecule has 0 fully saturated rings. The van der Waals surface area contributed by atoms with Crippen LogP contribution in [0.3, 0.4) is 0 Å². The molecule has 0 aromatic heterocycles. The SMILES string of the molecule is CCc1cc(F)c2c(c1)CCNC2. The number of hydrogen-bond donors (Lipinski definition) is 1. The standard InChI is InChI=1S/C11H14FN/c1-2-8-5-9-3-4-13-7-10(9)11(12)6-8/h5-6,13H,2-4,7H2,1H3. The molecule has 0 spiro atoms. The van der Waals surface area contributed by atoms with Crippen molar-refractivity contribution in [3.8, 4) is 0 Å². The highest BCUT2D eigenvalue weighted by Gasteiger charge is 2.13. The fraction of sp³-hybridized carbons (Fsp3) is 0.455. The van der Waals surface area contributed by atoms with Crippen LogP contribution in [0.15, 0.2) is 12.1 Å². The molecule has 1 nitrogen and oxygen atoms in total. The highest BCUT2D eigenvalue weighted by molar-refractivity contribution is 5.35. The van der Waals surface area contributed by atoms with E-state index in [1.807, 2.05) is 0 Å². The third-order valence-electron chi connectivity index (χ3n) is 2.63. The van der Waals surface area contributed by atoms with Gasteiger partial charge in [0.25, 0.3) is 0 Å². The number of nitrogens with one attached hydrogen (secondary N) is 1. The van der Waals surface area contributed by atoms with Crippen LogP contribution in [0.1, 0.15) is 23.6 Å². The molecule has 13 heavy (non-hydrogen) atoms. The monoisotopic (exact) mass is 179 g/mol. The Morgan fingerprint density at radius 1 is 1.46 bits per heavy atom. The zero-order valence-electron chi connectivity index (χ0n) is 7.86. The van der Waals surface area contributed by atoms with E-state index in [0.29, 0.717) is 6.54 Å². The number of aryl methyl sites for hydroxylation is 1. The summed E-state index contributed by atoms with van der Waals surface area (Å²) in [5.74, 6) is -0.0402. The Morgan fingerprint density at radius 3 is 3.08 bits per heavy atom. The zero-order valence-corrected chi connectivity index (χ0v) is 7.86. The van der Waals surface area contributed by atoms with E-state index in [9.17, 15) is 4.39 Å². The molecule has 1 aromatic carbocycles. The maximum Gasteiger partial charge on any atom is 0.128 e. The maximum atomic E-state index is 13.5. The van der Waals surface area contributed by atoms with Gasteiger partial charge in [-0.25, -0.2) is 4.39 Å². The van der Waals surface area contributed by atoms with Crippen LogP contribution < -0.4 is 5.32 Å². The van der Waals surface area contributed by atoms with Gasteiger partial charge in [-0.3, -0.25) is 0 Å². The summed E-state index contributed by atoms with van der Waals surface area (Å²) in [6.07, 6.45) is 1.87. The molecular weight excluding hydrogens is 165 g/mol. The Morgan fingerprint density at radius 2 is 2.31 bits per heavy atom. The topological polar surface area (TPSA) is 12.0 Å². The summed E-state index contributed by atoms with van der Waals surface area (Å²) in [7, 11) is 0. The van der Waals surface area contributed by atoms with Crippen molar-refractivity contribution in [2.75, 3.05) is 6.54 Å². The summed E-state index contributed by atoms with van der Waals surface area (Å²) < 4.78 is 13.5. The Kier molecular flexibility index (Phi) is 2.32. The lowest BCUT2D eigenvalue weighted by Crippen LogP contribution is -2.24. The molecule has 0 unspecified atom stereocenters. The molecule has 1 N–H and O–H groups in total. The quantitative estimate of drug-likeness (QED) is 0.695. The highest BCUT2D eigenvalue weighted by atomic mass is 19.1. The minimum atomic E-state index is -0.0402. The van der Waals surface area contributed by atoms with Gasteiger partial charge in [0.05, 0.1) is 0 Å². The summed E-state index contributed by atoms with van der Waals surface area (Å²) >= 11 is 0. The summed E-state index contributed by atoms with van der Waals surface area (Å²) in [6, 6.07) is 3.80. The van der Waals surface area contributed by atoms with E-state index in [2.05, 4.69) is 18.3 Å². The Hall–Kier alpha value is -0.890. The maximum absolute atomic E-state index is 13.5. The zero-order chi connectivity index (χ0) is 9.26. The summed E-state index contributed by atoms with van der Waals surface area (Å²) in [6.45, 7) is 3.72. The van der Waals surface area contributed by atoms with E-state index in [1.54, 1.807) is 6.07 Å². The smallest absolute Gasteiger partial charge is 0.128 e. The predicted octanol–water partition coefficient (Wildman–Crippen LogP) is 2.03. The molecule has 0 saturated carbocycles. The molecule has 70 valence electrons. The molecule has 2 heteroatoms. The molecule has 0 radical (unpaired) electrons. The largest absolute Gasteiger partial charge is 0.312 e. The Labute approximate surface area is 78.0 Å². The van der Waals surface area contributed by atoms with Crippen molar-refractivity contribution in [3.05, 3.63) is 34.6 Å². The van der Waals surface area contributed by atoms with Crippen LogP contribution in [0.2, 0.25) is 0 Å². The second-order valence-corrected chi connectivity index (χ2v) is 3.50. The van der Waals surface area contributed by atoms with Crippen molar-refractivity contribution in [3.63, 3.8) is 0 Å². The molecule has 1 aromatic rings. The van der Waals surface area contributed by atoms with Crippen LogP contribution >= 0.6 is 0 Å². The van der Waals surface area contributed by atoms with Gasteiger partial charge in [0.15, 0.2) is 0 Å². The van der Waals surface area contributed by atoms with Gasteiger partial charge in [-0.2, -0.15) is 0 Å².